The summed E-state index contributed by atoms with van der Waals surface area (Å²) in [5.41, 5.74) is 4.11. The number of hydrogen-bond donors (Lipinski definition) is 2. The predicted molar refractivity (Wildman–Crippen MR) is 119 cm³/mol. The Kier molecular flexibility index (Phi) is 6.14. The number of para-hydroxylation sites is 2. The number of anilines is 1. The standard InChI is InChI=1S/C24H28N4O2/c1-2-18-7-3-5-9-21(18)26-23(29)17-27-11-13-28(14-12-27)24(30)15-19-16-25-22-10-6-4-8-20(19)22/h3-10,16,25H,2,11-15,17H2,1H3,(H,26,29). The molecule has 0 atom stereocenters. The van der Waals surface area contributed by atoms with Crippen LogP contribution in [0.3, 0.4) is 0 Å². The summed E-state index contributed by atoms with van der Waals surface area (Å²) in [7, 11) is 0. The largest absolute Gasteiger partial charge is 0.361 e. The van der Waals surface area contributed by atoms with E-state index < -0.39 is 0 Å². The fourth-order valence-corrected chi connectivity index (χ4v) is 4.05. The first kappa shape index (κ1) is 20.2. The van der Waals surface area contributed by atoms with Gasteiger partial charge in [-0.1, -0.05) is 43.3 Å². The van der Waals surface area contributed by atoms with Crippen LogP contribution in [0.2, 0.25) is 0 Å². The van der Waals surface area contributed by atoms with Crippen LogP contribution in [0.25, 0.3) is 10.9 Å². The normalized spacial score (nSPS) is 14.8. The lowest BCUT2D eigenvalue weighted by atomic mass is 10.1. The second-order valence-corrected chi connectivity index (χ2v) is 7.75. The summed E-state index contributed by atoms with van der Waals surface area (Å²) < 4.78 is 0. The van der Waals surface area contributed by atoms with Gasteiger partial charge in [-0.25, -0.2) is 0 Å². The number of piperazine rings is 1. The number of hydrogen-bond acceptors (Lipinski definition) is 3. The number of carbonyl (C=O) groups is 2. The van der Waals surface area contributed by atoms with E-state index in [1.54, 1.807) is 0 Å². The number of H-pyrrole nitrogens is 1. The highest BCUT2D eigenvalue weighted by molar-refractivity contribution is 5.93. The average molecular weight is 405 g/mol. The lowest BCUT2D eigenvalue weighted by Crippen LogP contribution is -2.50. The molecule has 156 valence electrons. The molecule has 3 aromatic rings. The maximum absolute atomic E-state index is 12.8. The van der Waals surface area contributed by atoms with E-state index in [4.69, 9.17) is 0 Å². The van der Waals surface area contributed by atoms with Crippen LogP contribution >= 0.6 is 0 Å². The molecule has 2 heterocycles. The molecule has 0 radical (unpaired) electrons. The maximum atomic E-state index is 12.8. The van der Waals surface area contributed by atoms with Gasteiger partial charge in [0.1, 0.15) is 0 Å². The van der Waals surface area contributed by atoms with Crippen molar-refractivity contribution in [2.45, 2.75) is 19.8 Å². The molecular weight excluding hydrogens is 376 g/mol. The van der Waals surface area contributed by atoms with E-state index in [2.05, 4.69) is 22.1 Å². The first-order valence-electron chi connectivity index (χ1n) is 10.6. The minimum absolute atomic E-state index is 0.00512. The summed E-state index contributed by atoms with van der Waals surface area (Å²) in [6, 6.07) is 15.9. The van der Waals surface area contributed by atoms with Gasteiger partial charge in [0.2, 0.25) is 11.8 Å². The number of aromatic nitrogens is 1. The summed E-state index contributed by atoms with van der Waals surface area (Å²) >= 11 is 0. The van der Waals surface area contributed by atoms with Gasteiger partial charge in [-0.2, -0.15) is 0 Å². The van der Waals surface area contributed by atoms with Crippen molar-refractivity contribution in [2.75, 3.05) is 38.0 Å². The number of carbonyl (C=O) groups excluding carboxylic acids is 2. The van der Waals surface area contributed by atoms with Crippen LogP contribution in [-0.2, 0) is 22.4 Å². The van der Waals surface area contributed by atoms with Crippen LogP contribution in [0.4, 0.5) is 5.69 Å². The fourth-order valence-electron chi connectivity index (χ4n) is 4.05. The Morgan fingerprint density at radius 2 is 1.70 bits per heavy atom. The number of rotatable bonds is 6. The van der Waals surface area contributed by atoms with Crippen molar-refractivity contribution in [3.63, 3.8) is 0 Å². The van der Waals surface area contributed by atoms with Crippen molar-refractivity contribution < 1.29 is 9.59 Å². The van der Waals surface area contributed by atoms with E-state index in [-0.39, 0.29) is 11.8 Å². The summed E-state index contributed by atoms with van der Waals surface area (Å²) in [5.74, 6) is 0.134. The van der Waals surface area contributed by atoms with Crippen molar-refractivity contribution in [2.24, 2.45) is 0 Å². The SMILES string of the molecule is CCc1ccccc1NC(=O)CN1CCN(C(=O)Cc2c[nH]c3ccccc23)CC1. The Morgan fingerprint density at radius 3 is 2.50 bits per heavy atom. The summed E-state index contributed by atoms with van der Waals surface area (Å²) in [6.45, 7) is 5.16. The molecule has 30 heavy (non-hydrogen) atoms. The Labute approximate surface area is 176 Å². The monoisotopic (exact) mass is 404 g/mol. The van der Waals surface area contributed by atoms with Crippen LogP contribution in [0.15, 0.2) is 54.7 Å². The van der Waals surface area contributed by atoms with E-state index in [0.29, 0.717) is 39.1 Å². The molecule has 6 heteroatoms. The van der Waals surface area contributed by atoms with E-state index >= 15 is 0 Å². The predicted octanol–water partition coefficient (Wildman–Crippen LogP) is 3.06. The van der Waals surface area contributed by atoms with Crippen molar-refractivity contribution >= 4 is 28.4 Å². The Hall–Kier alpha value is -3.12. The number of aromatic amines is 1. The van der Waals surface area contributed by atoms with E-state index in [1.807, 2.05) is 59.6 Å². The van der Waals surface area contributed by atoms with Crippen LogP contribution in [-0.4, -0.2) is 59.3 Å². The van der Waals surface area contributed by atoms with Crippen molar-refractivity contribution in [1.29, 1.82) is 0 Å². The average Bonchev–Trinajstić information content (AvgIpc) is 3.17. The fraction of sp³-hybridized carbons (Fsp3) is 0.333. The first-order chi connectivity index (χ1) is 14.6. The third kappa shape index (κ3) is 4.54. The molecule has 1 fully saturated rings. The zero-order valence-electron chi connectivity index (χ0n) is 17.4. The Balaban J connectivity index is 1.27. The van der Waals surface area contributed by atoms with Gasteiger partial charge in [0, 0.05) is 49.0 Å². The number of benzene rings is 2. The highest BCUT2D eigenvalue weighted by Gasteiger charge is 2.23. The zero-order chi connectivity index (χ0) is 20.9. The minimum atomic E-state index is -0.00512. The number of fused-ring (bicyclic) bond motifs is 1. The van der Waals surface area contributed by atoms with Crippen molar-refractivity contribution in [3.8, 4) is 0 Å². The number of amides is 2. The third-order valence-corrected chi connectivity index (χ3v) is 5.78. The van der Waals surface area contributed by atoms with Gasteiger partial charge in [0.25, 0.3) is 0 Å². The molecule has 0 aliphatic carbocycles. The molecule has 1 saturated heterocycles. The quantitative estimate of drug-likeness (QED) is 0.664. The van der Waals surface area contributed by atoms with Gasteiger partial charge < -0.3 is 15.2 Å². The molecular formula is C24H28N4O2. The maximum Gasteiger partial charge on any atom is 0.238 e. The van der Waals surface area contributed by atoms with Gasteiger partial charge in [-0.05, 0) is 29.7 Å². The molecule has 6 nitrogen and oxygen atoms in total. The zero-order valence-corrected chi connectivity index (χ0v) is 17.4. The van der Waals surface area contributed by atoms with Crippen LogP contribution < -0.4 is 5.32 Å². The highest BCUT2D eigenvalue weighted by Crippen LogP contribution is 2.19. The molecule has 4 rings (SSSR count). The van der Waals surface area contributed by atoms with E-state index in [1.165, 1.54) is 0 Å². The Bertz CT molecular complexity index is 1030. The van der Waals surface area contributed by atoms with Gasteiger partial charge in [-0.3, -0.25) is 14.5 Å². The molecule has 1 aliphatic heterocycles. The Morgan fingerprint density at radius 1 is 0.967 bits per heavy atom. The van der Waals surface area contributed by atoms with E-state index in [9.17, 15) is 9.59 Å². The summed E-state index contributed by atoms with van der Waals surface area (Å²) in [5, 5.41) is 4.13. The molecule has 2 N–H and O–H groups in total. The summed E-state index contributed by atoms with van der Waals surface area (Å²) in [6.07, 6.45) is 3.21. The minimum Gasteiger partial charge on any atom is -0.361 e. The molecule has 0 bridgehead atoms. The lowest BCUT2D eigenvalue weighted by molar-refractivity contribution is -0.132. The number of aryl methyl sites for hydroxylation is 1. The second kappa shape index (κ2) is 9.13. The molecule has 2 aromatic carbocycles. The van der Waals surface area contributed by atoms with E-state index in [0.717, 1.165) is 34.1 Å². The third-order valence-electron chi connectivity index (χ3n) is 5.78. The van der Waals surface area contributed by atoms with Gasteiger partial charge in [-0.15, -0.1) is 0 Å². The number of nitrogens with one attached hydrogen (secondary N) is 2. The van der Waals surface area contributed by atoms with Crippen LogP contribution in [0, 0.1) is 0 Å². The summed E-state index contributed by atoms with van der Waals surface area (Å²) in [4.78, 5) is 32.5. The smallest absolute Gasteiger partial charge is 0.238 e. The van der Waals surface area contributed by atoms with Crippen LogP contribution in [0.5, 0.6) is 0 Å². The molecule has 0 saturated carbocycles. The number of nitrogens with zero attached hydrogens (tertiary/aromatic N) is 2. The lowest BCUT2D eigenvalue weighted by Gasteiger charge is -2.34. The van der Waals surface area contributed by atoms with Gasteiger partial charge in [0.15, 0.2) is 0 Å². The highest BCUT2D eigenvalue weighted by atomic mass is 16.2. The molecule has 2 amide bonds. The van der Waals surface area contributed by atoms with Crippen molar-refractivity contribution in [1.82, 2.24) is 14.8 Å². The first-order valence-corrected chi connectivity index (χ1v) is 10.6. The van der Waals surface area contributed by atoms with Gasteiger partial charge >= 0.3 is 0 Å². The molecule has 1 aromatic heterocycles. The second-order valence-electron chi connectivity index (χ2n) is 7.75. The van der Waals surface area contributed by atoms with Crippen LogP contribution in [0.1, 0.15) is 18.1 Å². The molecule has 1 aliphatic rings. The topological polar surface area (TPSA) is 68.4 Å². The molecule has 0 spiro atoms. The van der Waals surface area contributed by atoms with Crippen molar-refractivity contribution in [3.05, 3.63) is 65.9 Å². The van der Waals surface area contributed by atoms with Gasteiger partial charge in [0.05, 0.1) is 13.0 Å². The molecule has 0 unspecified atom stereocenters.